The number of alkyl carbamates (subject to hydrolysis) is 1. The van der Waals surface area contributed by atoms with E-state index in [-0.39, 0.29) is 30.0 Å². The maximum atomic E-state index is 13.9. The van der Waals surface area contributed by atoms with Crippen LogP contribution in [0.15, 0.2) is 72.8 Å². The minimum Gasteiger partial charge on any atom is -0.508 e. The summed E-state index contributed by atoms with van der Waals surface area (Å²) in [4.78, 5) is 41.5. The molecule has 9 heteroatoms. The number of phenolic OH excluding ortho intramolecular Hbond substituents is 2. The van der Waals surface area contributed by atoms with Crippen LogP contribution in [-0.4, -0.2) is 51.7 Å². The Kier molecular flexibility index (Phi) is 9.77. The maximum Gasteiger partial charge on any atom is 0.408 e. The van der Waals surface area contributed by atoms with Crippen LogP contribution in [-0.2, 0) is 27.3 Å². The molecule has 3 aromatic rings. The van der Waals surface area contributed by atoms with Crippen LogP contribution in [0.25, 0.3) is 0 Å². The lowest BCUT2D eigenvalue weighted by Gasteiger charge is -2.32. The molecule has 0 saturated heterocycles. The summed E-state index contributed by atoms with van der Waals surface area (Å²) in [6.45, 7) is 7.06. The molecule has 0 aromatic heterocycles. The SMILES string of the molecule is Cc1cccc(C(C(=O)NCc2ccccc2)N(C)C(=O)C(Cc2ccc(O)cc2)NC(=O)OC(C)(C)C)c1O. The fourth-order valence-corrected chi connectivity index (χ4v) is 4.20. The second-order valence-electron chi connectivity index (χ2n) is 10.6. The van der Waals surface area contributed by atoms with Crippen molar-refractivity contribution >= 4 is 17.9 Å². The molecule has 0 fully saturated rings. The highest BCUT2D eigenvalue weighted by Crippen LogP contribution is 2.31. The average Bonchev–Trinajstić information content (AvgIpc) is 2.90. The Morgan fingerprint density at radius 3 is 2.17 bits per heavy atom. The fourth-order valence-electron chi connectivity index (χ4n) is 4.20. The highest BCUT2D eigenvalue weighted by atomic mass is 16.6. The van der Waals surface area contributed by atoms with E-state index in [1.807, 2.05) is 30.3 Å². The number of rotatable bonds is 9. The number of hydrogen-bond acceptors (Lipinski definition) is 6. The van der Waals surface area contributed by atoms with Gasteiger partial charge in [-0.1, -0.05) is 60.7 Å². The van der Waals surface area contributed by atoms with E-state index in [2.05, 4.69) is 10.6 Å². The summed E-state index contributed by atoms with van der Waals surface area (Å²) in [5.41, 5.74) is 1.54. The molecule has 212 valence electrons. The van der Waals surface area contributed by atoms with E-state index >= 15 is 0 Å². The van der Waals surface area contributed by atoms with Crippen molar-refractivity contribution in [2.45, 2.75) is 58.3 Å². The molecular weight excluding hydrogens is 510 g/mol. The molecule has 0 heterocycles. The smallest absolute Gasteiger partial charge is 0.408 e. The summed E-state index contributed by atoms with van der Waals surface area (Å²) in [5, 5.41) is 26.0. The summed E-state index contributed by atoms with van der Waals surface area (Å²) < 4.78 is 5.39. The van der Waals surface area contributed by atoms with Gasteiger partial charge in [0, 0.05) is 25.6 Å². The maximum absolute atomic E-state index is 13.9. The van der Waals surface area contributed by atoms with Crippen LogP contribution in [0.5, 0.6) is 11.5 Å². The second-order valence-corrected chi connectivity index (χ2v) is 10.6. The van der Waals surface area contributed by atoms with Crippen molar-refractivity contribution in [1.82, 2.24) is 15.5 Å². The van der Waals surface area contributed by atoms with Crippen molar-refractivity contribution in [1.29, 1.82) is 0 Å². The number of aromatic hydroxyl groups is 2. The number of aryl methyl sites for hydroxylation is 1. The molecule has 0 aliphatic rings. The number of para-hydroxylation sites is 1. The minimum absolute atomic E-state index is 0.0638. The largest absolute Gasteiger partial charge is 0.508 e. The van der Waals surface area contributed by atoms with Crippen LogP contribution in [0, 0.1) is 6.92 Å². The van der Waals surface area contributed by atoms with E-state index in [9.17, 15) is 24.6 Å². The highest BCUT2D eigenvalue weighted by Gasteiger charge is 2.35. The number of likely N-dealkylation sites (N-methyl/N-ethyl adjacent to an activating group) is 1. The molecule has 0 bridgehead atoms. The van der Waals surface area contributed by atoms with Crippen molar-refractivity contribution < 1.29 is 29.3 Å². The molecule has 3 aromatic carbocycles. The van der Waals surface area contributed by atoms with E-state index in [4.69, 9.17) is 4.74 Å². The van der Waals surface area contributed by atoms with Crippen molar-refractivity contribution in [3.63, 3.8) is 0 Å². The Bertz CT molecular complexity index is 1320. The summed E-state index contributed by atoms with van der Waals surface area (Å²) in [6.07, 6.45) is -0.720. The van der Waals surface area contributed by atoms with E-state index < -0.39 is 35.6 Å². The molecule has 4 N–H and O–H groups in total. The van der Waals surface area contributed by atoms with Crippen LogP contribution >= 0.6 is 0 Å². The van der Waals surface area contributed by atoms with E-state index in [0.29, 0.717) is 11.1 Å². The monoisotopic (exact) mass is 547 g/mol. The fraction of sp³-hybridized carbons (Fsp3) is 0.323. The normalized spacial score (nSPS) is 12.6. The van der Waals surface area contributed by atoms with Crippen molar-refractivity contribution in [3.8, 4) is 11.5 Å². The third-order valence-electron chi connectivity index (χ3n) is 6.22. The number of amides is 3. The lowest BCUT2D eigenvalue weighted by molar-refractivity contribution is -0.140. The van der Waals surface area contributed by atoms with Gasteiger partial charge in [0.05, 0.1) is 0 Å². The third-order valence-corrected chi connectivity index (χ3v) is 6.22. The molecule has 0 saturated carbocycles. The number of phenols is 2. The number of benzene rings is 3. The molecular formula is C31H37N3O6. The zero-order valence-corrected chi connectivity index (χ0v) is 23.5. The van der Waals surface area contributed by atoms with Gasteiger partial charge in [-0.2, -0.15) is 0 Å². The zero-order valence-electron chi connectivity index (χ0n) is 23.5. The van der Waals surface area contributed by atoms with Gasteiger partial charge in [-0.3, -0.25) is 9.59 Å². The van der Waals surface area contributed by atoms with Crippen LogP contribution in [0.4, 0.5) is 4.79 Å². The molecule has 0 radical (unpaired) electrons. The van der Waals surface area contributed by atoms with Crippen LogP contribution in [0.2, 0.25) is 0 Å². The van der Waals surface area contributed by atoms with Crippen molar-refractivity contribution in [2.24, 2.45) is 0 Å². The summed E-state index contributed by atoms with van der Waals surface area (Å²) >= 11 is 0. The van der Waals surface area contributed by atoms with Gasteiger partial charge in [-0.15, -0.1) is 0 Å². The lowest BCUT2D eigenvalue weighted by atomic mass is 9.98. The Balaban J connectivity index is 1.95. The minimum atomic E-state index is -1.20. The van der Waals surface area contributed by atoms with Gasteiger partial charge in [0.2, 0.25) is 11.8 Å². The quantitative estimate of drug-likeness (QED) is 0.315. The molecule has 2 unspecified atom stereocenters. The first-order chi connectivity index (χ1) is 18.9. The van der Waals surface area contributed by atoms with Gasteiger partial charge in [0.1, 0.15) is 29.2 Å². The number of carbonyl (C=O) groups excluding carboxylic acids is 3. The van der Waals surface area contributed by atoms with Gasteiger partial charge in [0.25, 0.3) is 0 Å². The van der Waals surface area contributed by atoms with E-state index in [0.717, 1.165) is 5.56 Å². The number of nitrogens with one attached hydrogen (secondary N) is 2. The van der Waals surface area contributed by atoms with Crippen LogP contribution in [0.1, 0.15) is 49.1 Å². The van der Waals surface area contributed by atoms with Gasteiger partial charge in [0.15, 0.2) is 0 Å². The summed E-state index contributed by atoms with van der Waals surface area (Å²) in [6, 6.07) is 18.3. The zero-order chi connectivity index (χ0) is 29.4. The molecule has 0 aliphatic carbocycles. The van der Waals surface area contributed by atoms with Gasteiger partial charge in [-0.25, -0.2) is 4.79 Å². The molecule has 0 aliphatic heterocycles. The third kappa shape index (κ3) is 8.23. The van der Waals surface area contributed by atoms with Crippen molar-refractivity contribution in [3.05, 3.63) is 95.1 Å². The lowest BCUT2D eigenvalue weighted by Crippen LogP contribution is -2.52. The first-order valence-electron chi connectivity index (χ1n) is 13.0. The van der Waals surface area contributed by atoms with Crippen LogP contribution < -0.4 is 10.6 Å². The first kappa shape index (κ1) is 30.0. The number of hydrogen-bond donors (Lipinski definition) is 4. The topological polar surface area (TPSA) is 128 Å². The van der Waals surface area contributed by atoms with E-state index in [1.165, 1.54) is 24.1 Å². The Labute approximate surface area is 234 Å². The summed E-state index contributed by atoms with van der Waals surface area (Å²) in [5.74, 6) is -1.10. The van der Waals surface area contributed by atoms with Gasteiger partial charge >= 0.3 is 6.09 Å². The summed E-state index contributed by atoms with van der Waals surface area (Å²) in [7, 11) is 1.46. The van der Waals surface area contributed by atoms with Crippen LogP contribution in [0.3, 0.4) is 0 Å². The van der Waals surface area contributed by atoms with Gasteiger partial charge < -0.3 is 30.5 Å². The average molecular weight is 548 g/mol. The molecule has 9 nitrogen and oxygen atoms in total. The number of nitrogens with zero attached hydrogens (tertiary/aromatic N) is 1. The highest BCUT2D eigenvalue weighted by molar-refractivity contribution is 5.92. The van der Waals surface area contributed by atoms with E-state index in [1.54, 1.807) is 58.0 Å². The Morgan fingerprint density at radius 1 is 0.900 bits per heavy atom. The molecule has 0 spiro atoms. The Hall–Kier alpha value is -4.53. The number of ether oxygens (including phenoxy) is 1. The predicted molar refractivity (Wildman–Crippen MR) is 152 cm³/mol. The number of carbonyl (C=O) groups is 3. The molecule has 3 amide bonds. The van der Waals surface area contributed by atoms with Gasteiger partial charge in [-0.05, 0) is 56.5 Å². The second kappa shape index (κ2) is 13.0. The molecule has 2 atom stereocenters. The Morgan fingerprint density at radius 2 is 1.55 bits per heavy atom. The van der Waals surface area contributed by atoms with Crippen molar-refractivity contribution in [2.75, 3.05) is 7.05 Å². The molecule has 40 heavy (non-hydrogen) atoms. The standard InChI is InChI=1S/C31H37N3O6/c1-20-10-9-13-24(27(20)36)26(28(37)32-19-22-11-7-6-8-12-22)34(5)29(38)25(33-30(39)40-31(2,3)4)18-21-14-16-23(35)17-15-21/h6-17,25-26,35-36H,18-19H2,1-5H3,(H,32,37)(H,33,39). The predicted octanol–water partition coefficient (Wildman–Crippen LogP) is 4.36. The first-order valence-corrected chi connectivity index (χ1v) is 13.0. The molecule has 3 rings (SSSR count).